The highest BCUT2D eigenvalue weighted by Gasteiger charge is 2.32. The van der Waals surface area contributed by atoms with Crippen molar-refractivity contribution in [2.75, 3.05) is 0 Å². The Morgan fingerprint density at radius 1 is 1.12 bits per heavy atom. The van der Waals surface area contributed by atoms with Crippen LogP contribution in [0.1, 0.15) is 84.0 Å². The second-order valence-electron chi connectivity index (χ2n) is 7.07. The van der Waals surface area contributed by atoms with Crippen LogP contribution in [0.5, 0.6) is 0 Å². The van der Waals surface area contributed by atoms with Crippen molar-refractivity contribution in [3.8, 4) is 11.8 Å². The van der Waals surface area contributed by atoms with Gasteiger partial charge in [0.2, 0.25) is 0 Å². The first-order valence-electron chi connectivity index (χ1n) is 9.95. The summed E-state index contributed by atoms with van der Waals surface area (Å²) in [6.45, 7) is 2.17. The zero-order valence-electron chi connectivity index (χ0n) is 16.0. The summed E-state index contributed by atoms with van der Waals surface area (Å²) in [6, 6.07) is 0. The normalized spacial score (nSPS) is 19.5. The lowest BCUT2D eigenvalue weighted by Crippen LogP contribution is -2.12. The molecule has 0 aromatic rings. The summed E-state index contributed by atoms with van der Waals surface area (Å²) in [7, 11) is 0. The molecule has 1 fully saturated rings. The van der Waals surface area contributed by atoms with Crippen LogP contribution < -0.4 is 0 Å². The number of hydrogen-bond donors (Lipinski definition) is 1. The third-order valence-electron chi connectivity index (χ3n) is 4.85. The maximum Gasteiger partial charge on any atom is 0.303 e. The first-order valence-corrected chi connectivity index (χ1v) is 9.95. The number of carbonyl (C=O) groups is 3. The number of unbranched alkanes of at least 4 members (excludes halogenated alkanes) is 5. The maximum atomic E-state index is 12.0. The van der Waals surface area contributed by atoms with Crippen molar-refractivity contribution in [1.29, 1.82) is 0 Å². The molecule has 4 nitrogen and oxygen atoms in total. The minimum atomic E-state index is -0.807. The molecule has 0 aromatic heterocycles. The summed E-state index contributed by atoms with van der Waals surface area (Å²) >= 11 is 0. The first kappa shape index (κ1) is 22.2. The van der Waals surface area contributed by atoms with Gasteiger partial charge in [-0.15, -0.1) is 11.8 Å². The monoisotopic (exact) mass is 360 g/mol. The van der Waals surface area contributed by atoms with Crippen LogP contribution in [-0.2, 0) is 14.4 Å². The summed E-state index contributed by atoms with van der Waals surface area (Å²) in [6.07, 6.45) is 12.9. The van der Waals surface area contributed by atoms with E-state index in [1.165, 1.54) is 19.3 Å². The van der Waals surface area contributed by atoms with E-state index in [0.717, 1.165) is 19.3 Å². The lowest BCUT2D eigenvalue weighted by atomic mass is 9.91. The number of carboxylic acids is 1. The molecule has 144 valence electrons. The number of carbonyl (C=O) groups excluding carboxylic acids is 2. The Balaban J connectivity index is 2.35. The molecule has 1 aliphatic carbocycles. The Morgan fingerprint density at radius 3 is 2.62 bits per heavy atom. The van der Waals surface area contributed by atoms with Gasteiger partial charge in [0.25, 0.3) is 0 Å². The number of allylic oxidation sites excluding steroid dienone is 2. The average Bonchev–Trinajstić information content (AvgIpc) is 2.95. The van der Waals surface area contributed by atoms with Crippen LogP contribution >= 0.6 is 0 Å². The van der Waals surface area contributed by atoms with Crippen molar-refractivity contribution in [2.45, 2.75) is 84.0 Å². The summed E-state index contributed by atoms with van der Waals surface area (Å²) in [5, 5.41) is 8.58. The van der Waals surface area contributed by atoms with Crippen LogP contribution in [0.3, 0.4) is 0 Å². The molecule has 1 saturated carbocycles. The van der Waals surface area contributed by atoms with E-state index in [9.17, 15) is 14.4 Å². The molecule has 0 aromatic carbocycles. The highest BCUT2D eigenvalue weighted by Crippen LogP contribution is 2.32. The molecule has 1 rings (SSSR count). The molecule has 0 amide bonds. The summed E-state index contributed by atoms with van der Waals surface area (Å²) in [4.78, 5) is 34.4. The lowest BCUT2D eigenvalue weighted by Gasteiger charge is -2.11. The van der Waals surface area contributed by atoms with E-state index in [-0.39, 0.29) is 29.8 Å². The van der Waals surface area contributed by atoms with Gasteiger partial charge in [0.05, 0.1) is 0 Å². The zero-order valence-corrected chi connectivity index (χ0v) is 16.0. The zero-order chi connectivity index (χ0) is 19.2. The minimum Gasteiger partial charge on any atom is -0.481 e. The number of ketones is 2. The fourth-order valence-electron chi connectivity index (χ4n) is 3.25. The smallest absolute Gasteiger partial charge is 0.303 e. The van der Waals surface area contributed by atoms with E-state index in [0.29, 0.717) is 32.1 Å². The van der Waals surface area contributed by atoms with Crippen LogP contribution in [0.15, 0.2) is 12.2 Å². The van der Waals surface area contributed by atoms with Gasteiger partial charge in [-0.25, -0.2) is 0 Å². The SMILES string of the molecule is CCCCCCCC(=O)C=CC1CCC(=O)C1CC#CCCCC(=O)O. The Labute approximate surface area is 157 Å². The first-order chi connectivity index (χ1) is 12.5. The van der Waals surface area contributed by atoms with Gasteiger partial charge in [-0.05, 0) is 31.3 Å². The van der Waals surface area contributed by atoms with Gasteiger partial charge in [-0.2, -0.15) is 0 Å². The molecule has 0 heterocycles. The third-order valence-corrected chi connectivity index (χ3v) is 4.85. The Kier molecular flexibility index (Phi) is 11.4. The fourth-order valence-corrected chi connectivity index (χ4v) is 3.25. The van der Waals surface area contributed by atoms with Crippen LogP contribution in [0.25, 0.3) is 0 Å². The van der Waals surface area contributed by atoms with E-state index >= 15 is 0 Å². The van der Waals surface area contributed by atoms with E-state index in [1.54, 1.807) is 6.08 Å². The molecule has 2 atom stereocenters. The number of Topliss-reactive ketones (excluding diaryl/α,β-unsaturated/α-hetero) is 1. The minimum absolute atomic E-state index is 0.111. The molecule has 0 bridgehead atoms. The van der Waals surface area contributed by atoms with Crippen molar-refractivity contribution in [3.63, 3.8) is 0 Å². The molecule has 1 aliphatic rings. The van der Waals surface area contributed by atoms with E-state index < -0.39 is 5.97 Å². The quantitative estimate of drug-likeness (QED) is 0.311. The molecule has 4 heteroatoms. The van der Waals surface area contributed by atoms with Gasteiger partial charge >= 0.3 is 5.97 Å². The van der Waals surface area contributed by atoms with Crippen LogP contribution in [0.2, 0.25) is 0 Å². The van der Waals surface area contributed by atoms with Gasteiger partial charge in [-0.1, -0.05) is 38.7 Å². The second-order valence-corrected chi connectivity index (χ2v) is 7.07. The van der Waals surface area contributed by atoms with Crippen LogP contribution in [0, 0.1) is 23.7 Å². The van der Waals surface area contributed by atoms with Crippen molar-refractivity contribution >= 4 is 17.5 Å². The van der Waals surface area contributed by atoms with Crippen molar-refractivity contribution < 1.29 is 19.5 Å². The van der Waals surface area contributed by atoms with Crippen molar-refractivity contribution in [3.05, 3.63) is 12.2 Å². The largest absolute Gasteiger partial charge is 0.481 e. The standard InChI is InChI=1S/C22H32O4/c1-2-3-4-5-8-11-19(23)16-14-18-15-17-21(24)20(18)12-9-6-7-10-13-22(25)26/h14,16,18,20H,2-5,7-8,10-13,15,17H2,1H3,(H,25,26). The van der Waals surface area contributed by atoms with Gasteiger partial charge in [0.15, 0.2) is 5.78 Å². The predicted molar refractivity (Wildman–Crippen MR) is 103 cm³/mol. The number of carboxylic acid groups (broad SMARTS) is 1. The topological polar surface area (TPSA) is 71.4 Å². The molecule has 2 unspecified atom stereocenters. The van der Waals surface area contributed by atoms with E-state index in [4.69, 9.17) is 5.11 Å². The van der Waals surface area contributed by atoms with Gasteiger partial charge in [0, 0.05) is 38.0 Å². The molecule has 0 radical (unpaired) electrons. The highest BCUT2D eigenvalue weighted by atomic mass is 16.4. The fraction of sp³-hybridized carbons (Fsp3) is 0.682. The van der Waals surface area contributed by atoms with Gasteiger partial charge in [0.1, 0.15) is 5.78 Å². The van der Waals surface area contributed by atoms with Crippen LogP contribution in [-0.4, -0.2) is 22.6 Å². The summed E-state index contributed by atoms with van der Waals surface area (Å²) in [5.41, 5.74) is 0. The molecular formula is C22H32O4. The Hall–Kier alpha value is -1.89. The molecule has 0 spiro atoms. The highest BCUT2D eigenvalue weighted by molar-refractivity contribution is 5.90. The predicted octanol–water partition coefficient (Wildman–Crippen LogP) is 4.72. The van der Waals surface area contributed by atoms with Crippen LogP contribution in [0.4, 0.5) is 0 Å². The second kappa shape index (κ2) is 13.3. The van der Waals surface area contributed by atoms with Crippen molar-refractivity contribution in [2.24, 2.45) is 11.8 Å². The van der Waals surface area contributed by atoms with Gasteiger partial charge in [-0.3, -0.25) is 14.4 Å². The average molecular weight is 360 g/mol. The lowest BCUT2D eigenvalue weighted by molar-refractivity contribution is -0.137. The Morgan fingerprint density at radius 2 is 1.88 bits per heavy atom. The molecular weight excluding hydrogens is 328 g/mol. The molecule has 0 saturated heterocycles. The Bertz CT molecular complexity index is 550. The van der Waals surface area contributed by atoms with E-state index in [1.807, 2.05) is 6.08 Å². The molecule has 0 aliphatic heterocycles. The third kappa shape index (κ3) is 9.56. The molecule has 26 heavy (non-hydrogen) atoms. The summed E-state index contributed by atoms with van der Waals surface area (Å²) < 4.78 is 0. The number of rotatable bonds is 12. The number of hydrogen-bond acceptors (Lipinski definition) is 3. The summed E-state index contributed by atoms with van der Waals surface area (Å²) in [5.74, 6) is 5.55. The molecule has 1 N–H and O–H groups in total. The van der Waals surface area contributed by atoms with E-state index in [2.05, 4.69) is 18.8 Å². The maximum absolute atomic E-state index is 12.0. The van der Waals surface area contributed by atoms with Gasteiger partial charge < -0.3 is 5.11 Å². The van der Waals surface area contributed by atoms with Crippen molar-refractivity contribution in [1.82, 2.24) is 0 Å². The number of aliphatic carboxylic acids is 1.